The first kappa shape index (κ1) is 28.0. The first-order valence-corrected chi connectivity index (χ1v) is 14.9. The van der Waals surface area contributed by atoms with Crippen LogP contribution in [0.5, 0.6) is 0 Å². The van der Waals surface area contributed by atoms with Crippen molar-refractivity contribution in [2.24, 2.45) is 11.8 Å². The highest BCUT2D eigenvalue weighted by Gasteiger charge is 2.51. The molecule has 3 fully saturated rings. The van der Waals surface area contributed by atoms with Gasteiger partial charge in [-0.3, -0.25) is 0 Å². The van der Waals surface area contributed by atoms with Gasteiger partial charge in [-0.1, -0.05) is 28.1 Å². The molecule has 2 aromatic rings. The Hall–Kier alpha value is -1.58. The normalized spacial score (nSPS) is 24.0. The molecule has 0 spiro atoms. The molecule has 8 heteroatoms. The van der Waals surface area contributed by atoms with Crippen molar-refractivity contribution in [3.05, 3.63) is 53.0 Å². The number of aliphatic hydroxyl groups is 2. The average molecular weight is 585 g/mol. The predicted octanol–water partition coefficient (Wildman–Crippen LogP) is 4.60. The Bertz CT molecular complexity index is 1050. The van der Waals surface area contributed by atoms with Gasteiger partial charge in [-0.05, 0) is 107 Å². The third kappa shape index (κ3) is 5.80. The fraction of sp³-hybridized carbons (Fsp3) is 0.600. The van der Waals surface area contributed by atoms with E-state index < -0.39 is 12.2 Å². The van der Waals surface area contributed by atoms with Gasteiger partial charge in [0.1, 0.15) is 0 Å². The summed E-state index contributed by atoms with van der Waals surface area (Å²) in [6.45, 7) is 11.9. The van der Waals surface area contributed by atoms with Crippen molar-refractivity contribution in [2.75, 3.05) is 36.0 Å². The van der Waals surface area contributed by atoms with Crippen LogP contribution in [0.3, 0.4) is 0 Å². The molecule has 5 rings (SSSR count). The van der Waals surface area contributed by atoms with Crippen LogP contribution in [0, 0.1) is 11.8 Å². The second-order valence-electron chi connectivity index (χ2n) is 12.3. The van der Waals surface area contributed by atoms with Crippen LogP contribution in [0.4, 0.5) is 11.4 Å². The van der Waals surface area contributed by atoms with Gasteiger partial charge in [0.05, 0.1) is 23.4 Å². The molecular weight excluding hydrogens is 543 g/mol. The Morgan fingerprint density at radius 2 is 1.08 bits per heavy atom. The molecule has 2 aromatic carbocycles. The molecule has 3 saturated heterocycles. The zero-order chi connectivity index (χ0) is 27.1. The Labute approximate surface area is 236 Å². The molecule has 206 valence electrons. The van der Waals surface area contributed by atoms with Gasteiger partial charge in [0.2, 0.25) is 0 Å². The first-order chi connectivity index (χ1) is 18.0. The van der Waals surface area contributed by atoms with Crippen molar-refractivity contribution in [3.63, 3.8) is 0 Å². The van der Waals surface area contributed by atoms with Gasteiger partial charge in [-0.25, -0.2) is 0 Å². The summed E-state index contributed by atoms with van der Waals surface area (Å²) in [5.74, 6) is 0.284. The Morgan fingerprint density at radius 1 is 0.711 bits per heavy atom. The van der Waals surface area contributed by atoms with E-state index in [-0.39, 0.29) is 30.2 Å². The largest absolute Gasteiger partial charge is 0.494 e. The van der Waals surface area contributed by atoms with E-state index in [9.17, 15) is 10.2 Å². The molecule has 0 bridgehead atoms. The second kappa shape index (κ2) is 11.1. The van der Waals surface area contributed by atoms with E-state index in [0.717, 1.165) is 61.8 Å². The molecule has 0 amide bonds. The number of anilines is 2. The average Bonchev–Trinajstić information content (AvgIpc) is 3.15. The van der Waals surface area contributed by atoms with Gasteiger partial charge < -0.3 is 29.3 Å². The highest BCUT2D eigenvalue weighted by molar-refractivity contribution is 9.10. The van der Waals surface area contributed by atoms with Gasteiger partial charge in [0.15, 0.2) is 0 Å². The number of piperidine rings is 2. The maximum Gasteiger partial charge on any atom is 0.494 e. The lowest BCUT2D eigenvalue weighted by Gasteiger charge is -2.41. The minimum Gasteiger partial charge on any atom is -0.399 e. The zero-order valence-corrected chi connectivity index (χ0v) is 24.7. The lowest BCUT2D eigenvalue weighted by atomic mass is 9.79. The smallest absolute Gasteiger partial charge is 0.399 e. The van der Waals surface area contributed by atoms with Crippen LogP contribution >= 0.6 is 15.9 Å². The summed E-state index contributed by atoms with van der Waals surface area (Å²) in [5, 5.41) is 22.2. The maximum atomic E-state index is 11.1. The number of hydrogen-bond acceptors (Lipinski definition) is 6. The topological polar surface area (TPSA) is 65.4 Å². The molecule has 6 nitrogen and oxygen atoms in total. The second-order valence-corrected chi connectivity index (χ2v) is 13.2. The van der Waals surface area contributed by atoms with E-state index in [1.54, 1.807) is 0 Å². The van der Waals surface area contributed by atoms with Crippen LogP contribution in [-0.4, -0.2) is 66.9 Å². The fourth-order valence-electron chi connectivity index (χ4n) is 6.03. The molecule has 3 aliphatic rings. The van der Waals surface area contributed by atoms with Crippen LogP contribution in [0.15, 0.2) is 53.0 Å². The molecule has 0 aliphatic carbocycles. The summed E-state index contributed by atoms with van der Waals surface area (Å²) in [5.41, 5.74) is 2.74. The van der Waals surface area contributed by atoms with E-state index in [2.05, 4.69) is 102 Å². The van der Waals surface area contributed by atoms with Gasteiger partial charge in [0.25, 0.3) is 0 Å². The van der Waals surface area contributed by atoms with Crippen molar-refractivity contribution in [1.29, 1.82) is 0 Å². The van der Waals surface area contributed by atoms with Crippen molar-refractivity contribution in [1.82, 2.24) is 0 Å². The number of aliphatic hydroxyl groups excluding tert-OH is 2. The van der Waals surface area contributed by atoms with E-state index in [4.69, 9.17) is 9.31 Å². The molecule has 0 aromatic heterocycles. The lowest BCUT2D eigenvalue weighted by molar-refractivity contribution is -0.0573. The Kier molecular flexibility index (Phi) is 8.19. The highest BCUT2D eigenvalue weighted by Crippen LogP contribution is 2.37. The summed E-state index contributed by atoms with van der Waals surface area (Å²) in [7, 11) is -0.349. The monoisotopic (exact) mass is 584 g/mol. The molecule has 0 radical (unpaired) electrons. The predicted molar refractivity (Wildman–Crippen MR) is 158 cm³/mol. The summed E-state index contributed by atoms with van der Waals surface area (Å²) < 4.78 is 13.5. The maximum absolute atomic E-state index is 11.1. The van der Waals surface area contributed by atoms with Gasteiger partial charge in [0, 0.05) is 42.0 Å². The minimum absolute atomic E-state index is 0.134. The SMILES string of the molecule is CC1(C)OB(c2ccc(N3CCC(C(O)C(O)C4CCN(c5ccc(Br)cc5)CC4)CC3)cc2)OC1(C)C. The van der Waals surface area contributed by atoms with Crippen LogP contribution in [0.2, 0.25) is 0 Å². The molecule has 38 heavy (non-hydrogen) atoms. The summed E-state index contributed by atoms with van der Waals surface area (Å²) in [6.07, 6.45) is 2.26. The summed E-state index contributed by atoms with van der Waals surface area (Å²) in [6, 6.07) is 16.9. The third-order valence-electron chi connectivity index (χ3n) is 9.37. The van der Waals surface area contributed by atoms with Crippen LogP contribution in [0.25, 0.3) is 0 Å². The Balaban J connectivity index is 1.10. The van der Waals surface area contributed by atoms with E-state index in [1.165, 1.54) is 11.4 Å². The van der Waals surface area contributed by atoms with Gasteiger partial charge in [-0.2, -0.15) is 0 Å². The molecule has 2 atom stereocenters. The van der Waals surface area contributed by atoms with E-state index in [1.807, 2.05) is 0 Å². The lowest BCUT2D eigenvalue weighted by Crippen LogP contribution is -2.47. The van der Waals surface area contributed by atoms with Crippen molar-refractivity contribution in [2.45, 2.75) is 76.8 Å². The van der Waals surface area contributed by atoms with Gasteiger partial charge >= 0.3 is 7.12 Å². The van der Waals surface area contributed by atoms with Crippen molar-refractivity contribution in [3.8, 4) is 0 Å². The van der Waals surface area contributed by atoms with Crippen LogP contribution in [-0.2, 0) is 9.31 Å². The van der Waals surface area contributed by atoms with Crippen molar-refractivity contribution >= 4 is 39.9 Å². The summed E-state index contributed by atoms with van der Waals surface area (Å²) in [4.78, 5) is 4.75. The minimum atomic E-state index is -0.660. The molecular formula is C30H42BBrN2O4. The highest BCUT2D eigenvalue weighted by atomic mass is 79.9. The molecule has 2 N–H and O–H groups in total. The van der Waals surface area contributed by atoms with E-state index >= 15 is 0 Å². The van der Waals surface area contributed by atoms with Gasteiger partial charge in [-0.15, -0.1) is 0 Å². The number of halogens is 1. The number of hydrogen-bond donors (Lipinski definition) is 2. The quantitative estimate of drug-likeness (QED) is 0.484. The number of benzene rings is 2. The summed E-state index contributed by atoms with van der Waals surface area (Å²) >= 11 is 3.50. The van der Waals surface area contributed by atoms with Crippen molar-refractivity contribution < 1.29 is 19.5 Å². The molecule has 3 aliphatic heterocycles. The number of rotatable bonds is 6. The molecule has 0 saturated carbocycles. The first-order valence-electron chi connectivity index (χ1n) is 14.1. The Morgan fingerprint density at radius 3 is 1.47 bits per heavy atom. The van der Waals surface area contributed by atoms with E-state index in [0.29, 0.717) is 0 Å². The zero-order valence-electron chi connectivity index (χ0n) is 23.1. The molecule has 2 unspecified atom stereocenters. The number of nitrogens with zero attached hydrogens (tertiary/aromatic N) is 2. The van der Waals surface area contributed by atoms with Crippen LogP contribution in [0.1, 0.15) is 53.4 Å². The standard InChI is InChI=1S/C30H42BBrN2O4/c1-29(2)30(3,4)38-31(37-29)23-5-9-25(10-6-23)33-17-13-21(14-18-33)27(35)28(36)22-15-19-34(20-16-22)26-11-7-24(32)8-12-26/h5-12,21-22,27-28,35-36H,13-20H2,1-4H3. The fourth-order valence-corrected chi connectivity index (χ4v) is 6.29. The van der Waals surface area contributed by atoms with Crippen LogP contribution < -0.4 is 15.3 Å². The molecule has 3 heterocycles. The third-order valence-corrected chi connectivity index (χ3v) is 9.90.